The predicted molar refractivity (Wildman–Crippen MR) is 105 cm³/mol. The first-order valence-corrected chi connectivity index (χ1v) is 8.94. The third-order valence-corrected chi connectivity index (χ3v) is 4.74. The Morgan fingerprint density at radius 3 is 2.78 bits per heavy atom. The van der Waals surface area contributed by atoms with Gasteiger partial charge in [-0.25, -0.2) is 0 Å². The van der Waals surface area contributed by atoms with E-state index in [1.807, 2.05) is 55.5 Å². The molecule has 27 heavy (non-hydrogen) atoms. The molecule has 0 aliphatic rings. The minimum atomic E-state index is -0.517. The van der Waals surface area contributed by atoms with Crippen molar-refractivity contribution in [2.45, 2.75) is 18.8 Å². The SMILES string of the molecule is Cc1ccccc1OCc1nnc(C(S)c2cc(=O)[nH]c3ccccc23)o1. The molecule has 0 saturated carbocycles. The van der Waals surface area contributed by atoms with Crippen molar-refractivity contribution in [3.05, 3.63) is 87.9 Å². The number of aromatic amines is 1. The van der Waals surface area contributed by atoms with Gasteiger partial charge < -0.3 is 14.1 Å². The van der Waals surface area contributed by atoms with E-state index in [0.29, 0.717) is 17.3 Å². The molecule has 1 atom stereocenters. The molecule has 2 heterocycles. The molecule has 1 N–H and O–H groups in total. The summed E-state index contributed by atoms with van der Waals surface area (Å²) in [5, 5.41) is 8.48. The van der Waals surface area contributed by atoms with Crippen molar-refractivity contribution >= 4 is 23.5 Å². The van der Waals surface area contributed by atoms with E-state index in [0.717, 1.165) is 22.2 Å². The summed E-state index contributed by atoms with van der Waals surface area (Å²) in [5.74, 6) is 1.43. The summed E-state index contributed by atoms with van der Waals surface area (Å²) < 4.78 is 11.4. The molecule has 6 nitrogen and oxygen atoms in total. The Kier molecular flexibility index (Phi) is 4.68. The van der Waals surface area contributed by atoms with E-state index in [1.165, 1.54) is 6.07 Å². The molecule has 0 aliphatic carbocycles. The number of rotatable bonds is 5. The van der Waals surface area contributed by atoms with Crippen LogP contribution in [-0.4, -0.2) is 15.2 Å². The van der Waals surface area contributed by atoms with E-state index in [9.17, 15) is 4.79 Å². The van der Waals surface area contributed by atoms with Crippen LogP contribution in [0.1, 0.15) is 28.2 Å². The summed E-state index contributed by atoms with van der Waals surface area (Å²) in [6.45, 7) is 2.13. The van der Waals surface area contributed by atoms with Crippen LogP contribution in [0.2, 0.25) is 0 Å². The van der Waals surface area contributed by atoms with E-state index in [2.05, 4.69) is 27.8 Å². The minimum absolute atomic E-state index is 0.161. The number of thiol groups is 1. The van der Waals surface area contributed by atoms with E-state index in [-0.39, 0.29) is 12.2 Å². The average molecular weight is 379 g/mol. The van der Waals surface area contributed by atoms with Crippen molar-refractivity contribution < 1.29 is 9.15 Å². The summed E-state index contributed by atoms with van der Waals surface area (Å²) in [6, 6.07) is 16.7. The third kappa shape index (κ3) is 3.59. The summed E-state index contributed by atoms with van der Waals surface area (Å²) in [4.78, 5) is 14.8. The van der Waals surface area contributed by atoms with Gasteiger partial charge in [0.2, 0.25) is 11.4 Å². The number of nitrogens with zero attached hydrogens (tertiary/aromatic N) is 2. The molecule has 2 aromatic heterocycles. The zero-order valence-electron chi connectivity index (χ0n) is 14.5. The molecule has 4 rings (SSSR count). The zero-order chi connectivity index (χ0) is 18.8. The zero-order valence-corrected chi connectivity index (χ0v) is 15.4. The number of benzene rings is 2. The summed E-state index contributed by atoms with van der Waals surface area (Å²) >= 11 is 4.61. The van der Waals surface area contributed by atoms with Crippen molar-refractivity contribution in [2.24, 2.45) is 0 Å². The van der Waals surface area contributed by atoms with Crippen LogP contribution in [0.4, 0.5) is 0 Å². The highest BCUT2D eigenvalue weighted by Gasteiger charge is 2.20. The van der Waals surface area contributed by atoms with Gasteiger partial charge in [0.15, 0.2) is 6.61 Å². The molecule has 0 radical (unpaired) electrons. The normalized spacial score (nSPS) is 12.2. The summed E-state index contributed by atoms with van der Waals surface area (Å²) in [6.07, 6.45) is 0. The van der Waals surface area contributed by atoms with Gasteiger partial charge in [-0.15, -0.1) is 10.2 Å². The van der Waals surface area contributed by atoms with Crippen molar-refractivity contribution in [1.82, 2.24) is 15.2 Å². The molecule has 0 fully saturated rings. The van der Waals surface area contributed by atoms with Crippen LogP contribution in [-0.2, 0) is 6.61 Å². The molecule has 0 aliphatic heterocycles. The summed E-state index contributed by atoms with van der Waals surface area (Å²) in [7, 11) is 0. The van der Waals surface area contributed by atoms with Crippen molar-refractivity contribution in [2.75, 3.05) is 0 Å². The molecular weight excluding hydrogens is 362 g/mol. The quantitative estimate of drug-likeness (QED) is 0.515. The van der Waals surface area contributed by atoms with Crippen molar-refractivity contribution in [3.8, 4) is 5.75 Å². The summed E-state index contributed by atoms with van der Waals surface area (Å²) in [5.41, 5.74) is 2.28. The van der Waals surface area contributed by atoms with E-state index < -0.39 is 5.25 Å². The lowest BCUT2D eigenvalue weighted by Crippen LogP contribution is -2.08. The van der Waals surface area contributed by atoms with Gasteiger partial charge in [0, 0.05) is 17.0 Å². The largest absolute Gasteiger partial charge is 0.484 e. The molecule has 0 amide bonds. The number of nitrogens with one attached hydrogen (secondary N) is 1. The van der Waals surface area contributed by atoms with Crippen molar-refractivity contribution in [3.63, 3.8) is 0 Å². The highest BCUT2D eigenvalue weighted by molar-refractivity contribution is 7.80. The Hall–Kier alpha value is -3.06. The first-order chi connectivity index (χ1) is 13.1. The fraction of sp³-hybridized carbons (Fsp3) is 0.150. The second-order valence-electron chi connectivity index (χ2n) is 6.13. The Balaban J connectivity index is 1.58. The Bertz CT molecular complexity index is 1150. The molecule has 1 unspecified atom stereocenters. The van der Waals surface area contributed by atoms with E-state index >= 15 is 0 Å². The smallest absolute Gasteiger partial charge is 0.253 e. The molecule has 4 aromatic rings. The predicted octanol–water partition coefficient (Wildman–Crippen LogP) is 3.82. The monoisotopic (exact) mass is 379 g/mol. The lowest BCUT2D eigenvalue weighted by Gasteiger charge is -2.10. The Morgan fingerprint density at radius 1 is 1.15 bits per heavy atom. The van der Waals surface area contributed by atoms with Crippen LogP contribution in [0.5, 0.6) is 5.75 Å². The standard InChI is InChI=1S/C20H17N3O3S/c1-12-6-2-5-9-16(12)25-11-18-22-23-20(26-18)19(27)14-10-17(24)21-15-8-4-3-7-13(14)15/h2-10,19,27H,11H2,1H3,(H,21,24). The number of hydrogen-bond acceptors (Lipinski definition) is 6. The minimum Gasteiger partial charge on any atom is -0.484 e. The molecule has 0 spiro atoms. The number of H-pyrrole nitrogens is 1. The van der Waals surface area contributed by atoms with Gasteiger partial charge in [0.05, 0.1) is 0 Å². The van der Waals surface area contributed by atoms with Gasteiger partial charge in [-0.1, -0.05) is 36.4 Å². The van der Waals surface area contributed by atoms with Crippen LogP contribution >= 0.6 is 12.6 Å². The van der Waals surface area contributed by atoms with Gasteiger partial charge in [-0.05, 0) is 30.2 Å². The van der Waals surface area contributed by atoms with Crippen molar-refractivity contribution in [1.29, 1.82) is 0 Å². The number of para-hydroxylation sites is 2. The molecular formula is C20H17N3O3S. The first kappa shape index (κ1) is 17.4. The number of pyridine rings is 1. The number of aryl methyl sites for hydroxylation is 1. The molecule has 2 aromatic carbocycles. The number of ether oxygens (including phenoxy) is 1. The maximum Gasteiger partial charge on any atom is 0.253 e. The molecule has 136 valence electrons. The second kappa shape index (κ2) is 7.28. The number of aromatic nitrogens is 3. The topological polar surface area (TPSA) is 81.0 Å². The average Bonchev–Trinajstić information content (AvgIpc) is 3.15. The fourth-order valence-corrected chi connectivity index (χ4v) is 3.20. The lowest BCUT2D eigenvalue weighted by atomic mass is 10.1. The van der Waals surface area contributed by atoms with Gasteiger partial charge >= 0.3 is 0 Å². The second-order valence-corrected chi connectivity index (χ2v) is 6.64. The molecule has 0 saturated heterocycles. The first-order valence-electron chi connectivity index (χ1n) is 8.42. The number of fused-ring (bicyclic) bond motifs is 1. The van der Waals surface area contributed by atoms with E-state index in [4.69, 9.17) is 9.15 Å². The highest BCUT2D eigenvalue weighted by Crippen LogP contribution is 2.31. The van der Waals surface area contributed by atoms with Crippen LogP contribution in [0.15, 0.2) is 63.8 Å². The van der Waals surface area contributed by atoms with Crippen LogP contribution < -0.4 is 10.3 Å². The maximum atomic E-state index is 12.0. The van der Waals surface area contributed by atoms with Crippen LogP contribution in [0, 0.1) is 6.92 Å². The molecule has 7 heteroatoms. The fourth-order valence-electron chi connectivity index (χ4n) is 2.88. The third-order valence-electron chi connectivity index (χ3n) is 4.24. The van der Waals surface area contributed by atoms with Gasteiger partial charge in [-0.3, -0.25) is 4.79 Å². The van der Waals surface area contributed by atoms with Crippen LogP contribution in [0.3, 0.4) is 0 Å². The Labute approximate surface area is 160 Å². The number of hydrogen-bond donors (Lipinski definition) is 2. The molecule has 0 bridgehead atoms. The highest BCUT2D eigenvalue weighted by atomic mass is 32.1. The van der Waals surface area contributed by atoms with Crippen LogP contribution in [0.25, 0.3) is 10.9 Å². The van der Waals surface area contributed by atoms with E-state index in [1.54, 1.807) is 0 Å². The van der Waals surface area contributed by atoms with Gasteiger partial charge in [0.25, 0.3) is 5.89 Å². The van der Waals surface area contributed by atoms with Gasteiger partial charge in [-0.2, -0.15) is 12.6 Å². The lowest BCUT2D eigenvalue weighted by molar-refractivity contribution is 0.258. The maximum absolute atomic E-state index is 12.0. The van der Waals surface area contributed by atoms with Gasteiger partial charge in [0.1, 0.15) is 11.0 Å². The Morgan fingerprint density at radius 2 is 1.93 bits per heavy atom.